The van der Waals surface area contributed by atoms with E-state index < -0.39 is 12.9 Å². The Bertz CT molecular complexity index is 2140. The molecule has 0 bridgehead atoms. The molecular weight excluding hydrogens is 656 g/mol. The molecule has 0 radical (unpaired) electrons. The Hall–Kier alpha value is -5.12. The fourth-order valence-corrected chi connectivity index (χ4v) is 6.80. The highest BCUT2D eigenvalue weighted by molar-refractivity contribution is 6.61. The normalized spacial score (nSPS) is 14.8. The van der Waals surface area contributed by atoms with E-state index >= 15 is 8.63 Å². The summed E-state index contributed by atoms with van der Waals surface area (Å²) in [5.74, 6) is 0.650. The van der Waals surface area contributed by atoms with Gasteiger partial charge in [0.2, 0.25) is 0 Å². The molecule has 0 spiro atoms. The number of carbonyl (C=O) groups excluding carboxylic acids is 1. The van der Waals surface area contributed by atoms with E-state index in [1.807, 2.05) is 30.3 Å². The third-order valence-corrected chi connectivity index (χ3v) is 9.04. The van der Waals surface area contributed by atoms with Crippen LogP contribution in [0.2, 0.25) is 5.02 Å². The number of hydrogen-bond acceptors (Lipinski definition) is 4. The van der Waals surface area contributed by atoms with Gasteiger partial charge in [-0.2, -0.15) is 0 Å². The van der Waals surface area contributed by atoms with Crippen molar-refractivity contribution in [3.05, 3.63) is 159 Å². The highest BCUT2D eigenvalue weighted by Gasteiger charge is 2.56. The molecule has 0 N–H and O–H groups in total. The number of esters is 1. The van der Waals surface area contributed by atoms with Gasteiger partial charge >= 0.3 is 12.9 Å². The van der Waals surface area contributed by atoms with Gasteiger partial charge in [0.1, 0.15) is 23.1 Å². The summed E-state index contributed by atoms with van der Waals surface area (Å²) in [5, 5.41) is 0.302. The summed E-state index contributed by atoms with van der Waals surface area (Å²) in [7, 11) is 3.07. The zero-order valence-electron chi connectivity index (χ0n) is 25.8. The van der Waals surface area contributed by atoms with Crippen LogP contribution in [0.4, 0.5) is 8.63 Å². The molecule has 2 aliphatic rings. The van der Waals surface area contributed by atoms with Crippen molar-refractivity contribution in [2.45, 2.75) is 6.61 Å². The molecule has 0 atom stereocenters. The van der Waals surface area contributed by atoms with Gasteiger partial charge in [0.25, 0.3) is 0 Å². The number of allylic oxidation sites excluding steroid dienone is 2. The lowest BCUT2D eigenvalue weighted by Crippen LogP contribution is -2.51. The summed E-state index contributed by atoms with van der Waals surface area (Å²) in [5.41, 5.74) is 3.90. The van der Waals surface area contributed by atoms with Crippen molar-refractivity contribution in [3.8, 4) is 22.8 Å². The molecule has 6 nitrogen and oxygen atoms in total. The highest BCUT2D eigenvalue weighted by Crippen LogP contribution is 2.47. The Labute approximate surface area is 285 Å². The first-order valence-corrected chi connectivity index (χ1v) is 15.8. The summed E-state index contributed by atoms with van der Waals surface area (Å²) in [6.07, 6.45) is 1.55. The third-order valence-electron chi connectivity index (χ3n) is 8.46. The number of ether oxygens (including phenoxy) is 3. The maximum Gasteiger partial charge on any atom is 0.738 e. The Morgan fingerprint density at radius 3 is 1.98 bits per heavy atom. The first kappa shape index (κ1) is 31.5. The zero-order valence-corrected chi connectivity index (χ0v) is 27.3. The lowest BCUT2D eigenvalue weighted by molar-refractivity contribution is -0.360. The predicted octanol–water partition coefficient (Wildman–Crippen LogP) is 8.82. The van der Waals surface area contributed by atoms with Gasteiger partial charge in [0, 0.05) is 23.0 Å². The Morgan fingerprint density at radius 1 is 0.792 bits per heavy atom. The van der Waals surface area contributed by atoms with Crippen LogP contribution in [-0.4, -0.2) is 41.8 Å². The zero-order chi connectivity index (χ0) is 33.6. The average molecular weight is 683 g/mol. The molecule has 0 fully saturated rings. The fraction of sp³-hybridized carbons (Fsp3) is 0.0811. The number of halogens is 4. The molecule has 2 aliphatic heterocycles. The van der Waals surface area contributed by atoms with Crippen LogP contribution >= 0.6 is 23.2 Å². The molecule has 3 heterocycles. The summed E-state index contributed by atoms with van der Waals surface area (Å²) in [6.45, 7) is -4.42. The summed E-state index contributed by atoms with van der Waals surface area (Å²) in [4.78, 5) is 12.9. The molecule has 11 heteroatoms. The molecule has 7 rings (SSSR count). The van der Waals surface area contributed by atoms with Crippen LogP contribution in [0, 0.1) is 0 Å². The van der Waals surface area contributed by atoms with Gasteiger partial charge in [0.15, 0.2) is 11.4 Å². The molecule has 0 aliphatic carbocycles. The number of aromatic nitrogens is 1. The molecule has 0 amide bonds. The van der Waals surface area contributed by atoms with Crippen LogP contribution in [0.5, 0.6) is 11.5 Å². The van der Waals surface area contributed by atoms with Crippen LogP contribution < -0.4 is 9.47 Å². The minimum Gasteiger partial charge on any atom is -0.497 e. The van der Waals surface area contributed by atoms with Gasteiger partial charge in [-0.1, -0.05) is 65.7 Å². The Balaban J connectivity index is 1.39. The smallest absolute Gasteiger partial charge is 0.497 e. The van der Waals surface area contributed by atoms with Crippen LogP contribution in [0.1, 0.15) is 32.7 Å². The van der Waals surface area contributed by atoms with Crippen molar-refractivity contribution < 1.29 is 32.1 Å². The molecule has 1 aromatic heterocycles. The van der Waals surface area contributed by atoms with Crippen molar-refractivity contribution >= 4 is 47.4 Å². The van der Waals surface area contributed by atoms with E-state index in [2.05, 4.69) is 0 Å². The van der Waals surface area contributed by atoms with Gasteiger partial charge in [0.05, 0.1) is 30.4 Å². The van der Waals surface area contributed by atoms with Gasteiger partial charge in [-0.3, -0.25) is 0 Å². The molecule has 5 aromatic rings. The lowest BCUT2D eigenvalue weighted by atomic mass is 9.85. The van der Waals surface area contributed by atoms with E-state index in [-0.39, 0.29) is 39.5 Å². The van der Waals surface area contributed by atoms with E-state index in [1.54, 1.807) is 84.9 Å². The molecule has 0 saturated heterocycles. The number of methoxy groups -OCH3 is 2. The van der Waals surface area contributed by atoms with E-state index in [0.717, 1.165) is 14.5 Å². The SMILES string of the molecule is COc1ccc(C2=[N+]3C(=C(c4ccc(C(=O)OCc5ccccc5)cc4)c4cc(Cl)c(-c5ccc(OC)cc5)n4[B-]3(F)F)C=C2Cl)cc1. The first-order chi connectivity index (χ1) is 23.2. The van der Waals surface area contributed by atoms with Crippen LogP contribution in [-0.2, 0) is 11.3 Å². The topological polar surface area (TPSA) is 52.7 Å². The Kier molecular flexibility index (Phi) is 8.19. The summed E-state index contributed by atoms with van der Waals surface area (Å²) in [6, 6.07) is 31.1. The van der Waals surface area contributed by atoms with Gasteiger partial charge < -0.3 is 31.8 Å². The van der Waals surface area contributed by atoms with E-state index in [1.165, 1.54) is 14.2 Å². The maximum atomic E-state index is 17.2. The number of fused-ring (bicyclic) bond motifs is 2. The highest BCUT2D eigenvalue weighted by atomic mass is 35.5. The van der Waals surface area contributed by atoms with Crippen LogP contribution in [0.25, 0.3) is 16.8 Å². The molecule has 0 saturated carbocycles. The standard InChI is InChI=1S/C37H27BCl2F2N2O4/c1-46-28-16-12-25(13-17-28)35-30(39)20-32-34(24-8-10-27(11-9-24)37(45)48-22-23-6-4-3-5-7-23)33-21-31(40)36(44(33)38(41,42)43(32)35)26-14-18-29(47-2)19-15-26/h3-21H,22H2,1-2H3. The van der Waals surface area contributed by atoms with Crippen molar-refractivity contribution in [2.75, 3.05) is 14.2 Å². The lowest BCUT2D eigenvalue weighted by Gasteiger charge is -2.33. The third kappa shape index (κ3) is 5.39. The van der Waals surface area contributed by atoms with Gasteiger partial charge in [-0.05, 0) is 83.4 Å². The second-order valence-electron chi connectivity index (χ2n) is 11.3. The van der Waals surface area contributed by atoms with E-state index in [0.29, 0.717) is 39.3 Å². The number of benzene rings is 4. The minimum absolute atomic E-state index is 0.121. The van der Waals surface area contributed by atoms with Crippen LogP contribution in [0.3, 0.4) is 0 Å². The second kappa shape index (κ2) is 12.5. The predicted molar refractivity (Wildman–Crippen MR) is 184 cm³/mol. The van der Waals surface area contributed by atoms with Crippen molar-refractivity contribution in [1.29, 1.82) is 0 Å². The molecule has 0 unspecified atom stereocenters. The Morgan fingerprint density at radius 2 is 1.38 bits per heavy atom. The van der Waals surface area contributed by atoms with Crippen molar-refractivity contribution in [3.63, 3.8) is 0 Å². The first-order valence-electron chi connectivity index (χ1n) is 15.0. The molecular formula is C37H27BCl2F2N2O4. The quantitative estimate of drug-likeness (QED) is 0.121. The summed E-state index contributed by atoms with van der Waals surface area (Å²) < 4.78 is 52.5. The average Bonchev–Trinajstić information content (AvgIpc) is 3.65. The van der Waals surface area contributed by atoms with Crippen molar-refractivity contribution in [1.82, 2.24) is 4.48 Å². The second-order valence-corrected chi connectivity index (χ2v) is 12.1. The number of nitrogens with zero attached hydrogens (tertiary/aromatic N) is 2. The largest absolute Gasteiger partial charge is 0.738 e. The molecule has 240 valence electrons. The van der Waals surface area contributed by atoms with Gasteiger partial charge in [-0.25, -0.2) is 4.79 Å². The van der Waals surface area contributed by atoms with E-state index in [9.17, 15) is 4.79 Å². The summed E-state index contributed by atoms with van der Waals surface area (Å²) >= 11 is 13.6. The number of carbonyl (C=O) groups is 1. The molecule has 4 aromatic carbocycles. The van der Waals surface area contributed by atoms with E-state index in [4.69, 9.17) is 37.4 Å². The van der Waals surface area contributed by atoms with Crippen molar-refractivity contribution in [2.24, 2.45) is 0 Å². The van der Waals surface area contributed by atoms with Gasteiger partial charge in [-0.15, -0.1) is 0 Å². The fourth-order valence-electron chi connectivity index (χ4n) is 6.19. The number of rotatable bonds is 8. The monoisotopic (exact) mass is 682 g/mol. The van der Waals surface area contributed by atoms with Crippen LogP contribution in [0.15, 0.2) is 126 Å². The molecule has 48 heavy (non-hydrogen) atoms. The number of hydrogen-bond donors (Lipinski definition) is 0. The maximum absolute atomic E-state index is 17.2. The minimum atomic E-state index is -4.54.